The zero-order valence-electron chi connectivity index (χ0n) is 26.3. The summed E-state index contributed by atoms with van der Waals surface area (Å²) in [4.78, 5) is 15.7. The highest BCUT2D eigenvalue weighted by Crippen LogP contribution is 2.57. The van der Waals surface area contributed by atoms with Gasteiger partial charge < -0.3 is 19.7 Å². The minimum absolute atomic E-state index is 0.333. The number of esters is 1. The molecular formula is C40H38N2O3. The summed E-state index contributed by atoms with van der Waals surface area (Å²) in [7, 11) is 0. The van der Waals surface area contributed by atoms with Gasteiger partial charge in [-0.25, -0.2) is 4.79 Å². The molecule has 0 radical (unpaired) electrons. The summed E-state index contributed by atoms with van der Waals surface area (Å²) in [6.45, 7) is 9.31. The van der Waals surface area contributed by atoms with E-state index in [1.807, 2.05) is 30.3 Å². The van der Waals surface area contributed by atoms with Crippen LogP contribution in [0.15, 0.2) is 103 Å². The fraction of sp³-hybridized carbons (Fsp3) is 0.225. The van der Waals surface area contributed by atoms with Crippen molar-refractivity contribution in [1.29, 1.82) is 0 Å². The second kappa shape index (κ2) is 11.5. The van der Waals surface area contributed by atoms with Crippen molar-refractivity contribution in [3.63, 3.8) is 0 Å². The molecule has 2 heterocycles. The van der Waals surface area contributed by atoms with Gasteiger partial charge in [0.1, 0.15) is 11.5 Å². The van der Waals surface area contributed by atoms with Crippen molar-refractivity contribution in [1.82, 2.24) is 0 Å². The predicted molar refractivity (Wildman–Crippen MR) is 182 cm³/mol. The summed E-state index contributed by atoms with van der Waals surface area (Å²) in [6, 6.07) is 35.2. The van der Waals surface area contributed by atoms with Crippen LogP contribution >= 0.6 is 0 Å². The van der Waals surface area contributed by atoms with Crippen LogP contribution in [0.1, 0.15) is 70.4 Å². The van der Waals surface area contributed by atoms with E-state index < -0.39 is 5.60 Å². The van der Waals surface area contributed by atoms with Gasteiger partial charge in [-0.15, -0.1) is 0 Å². The third-order valence-electron chi connectivity index (χ3n) is 9.07. The van der Waals surface area contributed by atoms with Crippen LogP contribution < -0.4 is 15.0 Å². The van der Waals surface area contributed by atoms with Crippen LogP contribution in [0.4, 0.5) is 22.7 Å². The number of hydrogen-bond donors (Lipinski definition) is 1. The van der Waals surface area contributed by atoms with E-state index in [0.29, 0.717) is 17.1 Å². The van der Waals surface area contributed by atoms with Crippen molar-refractivity contribution in [2.24, 2.45) is 0 Å². The van der Waals surface area contributed by atoms with Crippen molar-refractivity contribution >= 4 is 28.7 Å². The molecule has 5 aromatic carbocycles. The second-order valence-corrected chi connectivity index (χ2v) is 12.1. The first-order valence-corrected chi connectivity index (χ1v) is 15.9. The molecule has 0 saturated heterocycles. The van der Waals surface area contributed by atoms with Gasteiger partial charge in [-0.2, -0.15) is 0 Å². The molecule has 1 atom stereocenters. The summed E-state index contributed by atoms with van der Waals surface area (Å²) in [5.74, 6) is 1.03. The quantitative estimate of drug-likeness (QED) is 0.181. The highest BCUT2D eigenvalue weighted by molar-refractivity contribution is 5.97. The Labute approximate surface area is 265 Å². The number of hydrogen-bond acceptors (Lipinski definition) is 5. The van der Waals surface area contributed by atoms with Gasteiger partial charge in [0, 0.05) is 52.1 Å². The predicted octanol–water partition coefficient (Wildman–Crippen LogP) is 10.1. The molecule has 2 aliphatic rings. The van der Waals surface area contributed by atoms with Gasteiger partial charge in [0.15, 0.2) is 5.60 Å². The summed E-state index contributed by atoms with van der Waals surface area (Å²) >= 11 is 0. The normalized spacial score (nSPS) is 16.0. The molecule has 0 saturated carbocycles. The number of benzene rings is 5. The van der Waals surface area contributed by atoms with Crippen molar-refractivity contribution in [3.8, 4) is 11.5 Å². The molecular weight excluding hydrogens is 556 g/mol. The standard InChI is InChI=1S/C40H38N2O3/c1-5-7-10-28-15-19-30(20-16-28)42(6-2)31-21-22-34-38(24-31)44-37-23-27(4)36(41-29-17-13-26(3)14-18-29)25-35(37)40(34)33-12-9-8-11-32(33)39(43)45-40/h8-9,11-25,41H,5-7,10H2,1-4H3. The van der Waals surface area contributed by atoms with E-state index in [0.717, 1.165) is 58.0 Å². The molecule has 5 heteroatoms. The van der Waals surface area contributed by atoms with E-state index in [4.69, 9.17) is 9.47 Å². The Morgan fingerprint density at radius 3 is 2.24 bits per heavy atom. The Kier molecular flexibility index (Phi) is 7.33. The van der Waals surface area contributed by atoms with Crippen LogP contribution in [0.2, 0.25) is 0 Å². The summed E-state index contributed by atoms with van der Waals surface area (Å²) in [5, 5.41) is 3.58. The van der Waals surface area contributed by atoms with Gasteiger partial charge in [-0.1, -0.05) is 61.4 Å². The topological polar surface area (TPSA) is 50.8 Å². The van der Waals surface area contributed by atoms with Gasteiger partial charge in [0.25, 0.3) is 0 Å². The average molecular weight is 595 g/mol. The van der Waals surface area contributed by atoms with Crippen LogP contribution in [-0.4, -0.2) is 12.5 Å². The molecule has 7 rings (SSSR count). The number of rotatable bonds is 8. The highest BCUT2D eigenvalue weighted by atomic mass is 16.6. The Morgan fingerprint density at radius 1 is 0.756 bits per heavy atom. The van der Waals surface area contributed by atoms with E-state index in [2.05, 4.69) is 111 Å². The first kappa shape index (κ1) is 28.7. The maximum Gasteiger partial charge on any atom is 0.340 e. The fourth-order valence-corrected chi connectivity index (χ4v) is 6.64. The number of nitrogens with one attached hydrogen (secondary N) is 1. The Balaban J connectivity index is 1.34. The maximum absolute atomic E-state index is 13.4. The number of aryl methyl sites for hydroxylation is 3. The van der Waals surface area contributed by atoms with Gasteiger partial charge in [0.05, 0.1) is 5.56 Å². The average Bonchev–Trinajstić information content (AvgIpc) is 3.35. The molecule has 0 fully saturated rings. The molecule has 45 heavy (non-hydrogen) atoms. The van der Waals surface area contributed by atoms with Crippen molar-refractivity contribution in [2.45, 2.75) is 52.6 Å². The SMILES string of the molecule is CCCCc1ccc(N(CC)c2ccc3c(c2)Oc2cc(C)c(Nc4ccc(C)cc4)cc2C32OC(=O)c3ccccc32)cc1. The third-order valence-corrected chi connectivity index (χ3v) is 9.07. The zero-order valence-corrected chi connectivity index (χ0v) is 26.3. The molecule has 0 bridgehead atoms. The first-order valence-electron chi connectivity index (χ1n) is 15.9. The van der Waals surface area contributed by atoms with Crippen molar-refractivity contribution in [2.75, 3.05) is 16.8 Å². The Morgan fingerprint density at radius 2 is 1.49 bits per heavy atom. The number of carbonyl (C=O) groups is 1. The highest BCUT2D eigenvalue weighted by Gasteiger charge is 2.53. The zero-order chi connectivity index (χ0) is 31.1. The number of anilines is 4. The van der Waals surface area contributed by atoms with Crippen LogP contribution in [-0.2, 0) is 16.8 Å². The molecule has 1 N–H and O–H groups in total. The molecule has 226 valence electrons. The second-order valence-electron chi connectivity index (χ2n) is 12.1. The lowest BCUT2D eigenvalue weighted by Gasteiger charge is -2.38. The molecule has 1 spiro atoms. The maximum atomic E-state index is 13.4. The number of carbonyl (C=O) groups excluding carboxylic acids is 1. The first-order chi connectivity index (χ1) is 21.9. The van der Waals surface area contributed by atoms with E-state index in [1.54, 1.807) is 0 Å². The van der Waals surface area contributed by atoms with Crippen LogP contribution in [0.5, 0.6) is 11.5 Å². The van der Waals surface area contributed by atoms with E-state index >= 15 is 0 Å². The van der Waals surface area contributed by atoms with Crippen LogP contribution in [0.25, 0.3) is 0 Å². The number of ether oxygens (including phenoxy) is 2. The molecule has 5 nitrogen and oxygen atoms in total. The molecule has 0 aromatic heterocycles. The van der Waals surface area contributed by atoms with Crippen molar-refractivity contribution < 1.29 is 14.3 Å². The largest absolute Gasteiger partial charge is 0.456 e. The third kappa shape index (κ3) is 4.93. The van der Waals surface area contributed by atoms with E-state index in [1.165, 1.54) is 24.0 Å². The Hall–Kier alpha value is -5.03. The lowest BCUT2D eigenvalue weighted by atomic mass is 9.77. The van der Waals surface area contributed by atoms with E-state index in [-0.39, 0.29) is 5.97 Å². The smallest absolute Gasteiger partial charge is 0.340 e. The summed E-state index contributed by atoms with van der Waals surface area (Å²) in [6.07, 6.45) is 3.48. The number of fused-ring (bicyclic) bond motifs is 6. The number of unbranched alkanes of at least 4 members (excludes halogenated alkanes) is 1. The van der Waals surface area contributed by atoms with E-state index in [9.17, 15) is 4.79 Å². The minimum atomic E-state index is -1.13. The van der Waals surface area contributed by atoms with Gasteiger partial charge >= 0.3 is 5.97 Å². The van der Waals surface area contributed by atoms with Gasteiger partial charge in [-0.3, -0.25) is 0 Å². The lowest BCUT2D eigenvalue weighted by molar-refractivity contribution is 0.0224. The van der Waals surface area contributed by atoms with Crippen LogP contribution in [0, 0.1) is 13.8 Å². The van der Waals surface area contributed by atoms with Gasteiger partial charge in [-0.05, 0) is 99.3 Å². The number of nitrogens with zero attached hydrogens (tertiary/aromatic N) is 1. The molecule has 2 aliphatic heterocycles. The molecule has 0 aliphatic carbocycles. The summed E-state index contributed by atoms with van der Waals surface area (Å²) < 4.78 is 13.2. The monoisotopic (exact) mass is 594 g/mol. The lowest BCUT2D eigenvalue weighted by Crippen LogP contribution is -2.33. The van der Waals surface area contributed by atoms with Crippen molar-refractivity contribution in [3.05, 3.63) is 142 Å². The van der Waals surface area contributed by atoms with Gasteiger partial charge in [0.2, 0.25) is 0 Å². The molecule has 0 amide bonds. The Bertz CT molecular complexity index is 1900. The molecule has 5 aromatic rings. The summed E-state index contributed by atoms with van der Waals surface area (Å²) in [5.41, 5.74) is 9.54. The fourth-order valence-electron chi connectivity index (χ4n) is 6.64. The van der Waals surface area contributed by atoms with Crippen LogP contribution in [0.3, 0.4) is 0 Å². The minimum Gasteiger partial charge on any atom is -0.456 e. The molecule has 1 unspecified atom stereocenters.